The molecule has 0 rings (SSSR count). The van der Waals surface area contributed by atoms with Gasteiger partial charge in [0.05, 0.1) is 19.1 Å². The third-order valence-electron chi connectivity index (χ3n) is 1.74. The lowest BCUT2D eigenvalue weighted by atomic mass is 10.2. The molecular formula is C9H15N3O3. The average Bonchev–Trinajstić information content (AvgIpc) is 2.24. The van der Waals surface area contributed by atoms with Crippen LogP contribution < -0.4 is 5.73 Å². The molecular weight excluding hydrogens is 198 g/mol. The molecule has 84 valence electrons. The fourth-order valence-corrected chi connectivity index (χ4v) is 0.898. The maximum atomic E-state index is 11.5. The van der Waals surface area contributed by atoms with E-state index >= 15 is 0 Å². The Hall–Kier alpha value is -1.61. The SMILES string of the molecule is CCOC(=O)C(N)C(=O)N(C)CCC#N. The molecule has 0 heterocycles. The minimum Gasteiger partial charge on any atom is -0.464 e. The Kier molecular flexibility index (Phi) is 6.06. The molecule has 0 saturated heterocycles. The first kappa shape index (κ1) is 13.4. The molecule has 0 bridgehead atoms. The first-order valence-electron chi connectivity index (χ1n) is 4.58. The predicted molar refractivity (Wildman–Crippen MR) is 52.5 cm³/mol. The molecule has 2 N–H and O–H groups in total. The van der Waals surface area contributed by atoms with E-state index in [4.69, 9.17) is 11.0 Å². The summed E-state index contributed by atoms with van der Waals surface area (Å²) in [6.45, 7) is 2.07. The molecule has 15 heavy (non-hydrogen) atoms. The minimum atomic E-state index is -1.30. The molecule has 0 aromatic carbocycles. The zero-order chi connectivity index (χ0) is 11.8. The summed E-state index contributed by atoms with van der Waals surface area (Å²) in [6, 6.07) is 0.598. The molecule has 1 amide bonds. The quantitative estimate of drug-likeness (QED) is 0.478. The van der Waals surface area contributed by atoms with Gasteiger partial charge in [-0.05, 0) is 6.92 Å². The number of ether oxygens (including phenoxy) is 1. The van der Waals surface area contributed by atoms with Crippen molar-refractivity contribution in [1.29, 1.82) is 5.26 Å². The van der Waals surface area contributed by atoms with Gasteiger partial charge >= 0.3 is 5.97 Å². The van der Waals surface area contributed by atoms with Crippen LogP contribution in [0.15, 0.2) is 0 Å². The number of carbonyl (C=O) groups is 2. The highest BCUT2D eigenvalue weighted by Crippen LogP contribution is 1.94. The van der Waals surface area contributed by atoms with E-state index in [2.05, 4.69) is 4.74 Å². The summed E-state index contributed by atoms with van der Waals surface area (Å²) in [5, 5.41) is 8.32. The van der Waals surface area contributed by atoms with E-state index in [0.717, 1.165) is 0 Å². The van der Waals surface area contributed by atoms with E-state index in [1.165, 1.54) is 11.9 Å². The molecule has 0 aromatic heterocycles. The van der Waals surface area contributed by atoms with Crippen molar-refractivity contribution < 1.29 is 14.3 Å². The molecule has 0 fully saturated rings. The van der Waals surface area contributed by atoms with Crippen LogP contribution in [-0.2, 0) is 14.3 Å². The van der Waals surface area contributed by atoms with Crippen LogP contribution in [0.25, 0.3) is 0 Å². The largest absolute Gasteiger partial charge is 0.464 e. The van der Waals surface area contributed by atoms with Crippen molar-refractivity contribution in [3.05, 3.63) is 0 Å². The van der Waals surface area contributed by atoms with Gasteiger partial charge in [0.1, 0.15) is 0 Å². The molecule has 1 unspecified atom stereocenters. The highest BCUT2D eigenvalue weighted by molar-refractivity contribution is 6.01. The summed E-state index contributed by atoms with van der Waals surface area (Å²) < 4.78 is 4.60. The number of esters is 1. The lowest BCUT2D eigenvalue weighted by molar-refractivity contribution is -0.150. The highest BCUT2D eigenvalue weighted by Gasteiger charge is 2.25. The van der Waals surface area contributed by atoms with Gasteiger partial charge in [-0.3, -0.25) is 4.79 Å². The standard InChI is InChI=1S/C9H15N3O3/c1-3-15-9(14)7(11)8(13)12(2)6-4-5-10/h7H,3-4,6,11H2,1-2H3. The van der Waals surface area contributed by atoms with Crippen LogP contribution in [0.4, 0.5) is 0 Å². The van der Waals surface area contributed by atoms with Crippen LogP contribution in [0.2, 0.25) is 0 Å². The summed E-state index contributed by atoms with van der Waals surface area (Å²) in [5.41, 5.74) is 5.37. The first-order valence-corrected chi connectivity index (χ1v) is 4.58. The van der Waals surface area contributed by atoms with Crippen LogP contribution in [-0.4, -0.2) is 43.0 Å². The van der Waals surface area contributed by atoms with E-state index < -0.39 is 17.9 Å². The van der Waals surface area contributed by atoms with E-state index in [1.807, 2.05) is 6.07 Å². The van der Waals surface area contributed by atoms with E-state index in [1.54, 1.807) is 6.92 Å². The summed E-state index contributed by atoms with van der Waals surface area (Å²) in [4.78, 5) is 23.8. The van der Waals surface area contributed by atoms with Gasteiger partial charge in [-0.15, -0.1) is 0 Å². The lowest BCUT2D eigenvalue weighted by Crippen LogP contribution is -2.47. The van der Waals surface area contributed by atoms with Crippen molar-refractivity contribution in [2.75, 3.05) is 20.2 Å². The molecule has 0 aliphatic carbocycles. The van der Waals surface area contributed by atoms with E-state index in [-0.39, 0.29) is 19.6 Å². The van der Waals surface area contributed by atoms with Crippen molar-refractivity contribution in [3.8, 4) is 6.07 Å². The Balaban J connectivity index is 4.19. The molecule has 0 aliphatic rings. The first-order chi connectivity index (χ1) is 7.04. The van der Waals surface area contributed by atoms with Crippen LogP contribution >= 0.6 is 0 Å². The average molecular weight is 213 g/mol. The lowest BCUT2D eigenvalue weighted by Gasteiger charge is -2.18. The minimum absolute atomic E-state index is 0.182. The fraction of sp³-hybridized carbons (Fsp3) is 0.667. The van der Waals surface area contributed by atoms with Crippen LogP contribution in [0.1, 0.15) is 13.3 Å². The smallest absolute Gasteiger partial charge is 0.332 e. The van der Waals surface area contributed by atoms with Crippen molar-refractivity contribution in [2.24, 2.45) is 5.73 Å². The Labute approximate surface area is 88.6 Å². The third-order valence-corrected chi connectivity index (χ3v) is 1.74. The number of carbonyl (C=O) groups excluding carboxylic acids is 2. The number of rotatable bonds is 5. The van der Waals surface area contributed by atoms with Crippen molar-refractivity contribution >= 4 is 11.9 Å². The second kappa shape index (κ2) is 6.79. The molecule has 1 atom stereocenters. The van der Waals surface area contributed by atoms with Gasteiger partial charge in [0, 0.05) is 13.6 Å². The number of hydrogen-bond acceptors (Lipinski definition) is 5. The highest BCUT2D eigenvalue weighted by atomic mass is 16.5. The molecule has 0 aromatic rings. The maximum absolute atomic E-state index is 11.5. The molecule has 0 spiro atoms. The zero-order valence-corrected chi connectivity index (χ0v) is 8.90. The van der Waals surface area contributed by atoms with Crippen LogP contribution in [0, 0.1) is 11.3 Å². The van der Waals surface area contributed by atoms with Gasteiger partial charge in [0.15, 0.2) is 6.04 Å². The monoisotopic (exact) mass is 213 g/mol. The molecule has 6 nitrogen and oxygen atoms in total. The second-order valence-electron chi connectivity index (χ2n) is 2.90. The number of nitrogens with two attached hydrogens (primary N) is 1. The normalized spacial score (nSPS) is 11.3. The topological polar surface area (TPSA) is 96.4 Å². The van der Waals surface area contributed by atoms with Gasteiger partial charge < -0.3 is 15.4 Å². The Morgan fingerprint density at radius 1 is 1.60 bits per heavy atom. The van der Waals surface area contributed by atoms with E-state index in [0.29, 0.717) is 0 Å². The molecule has 0 radical (unpaired) electrons. The zero-order valence-electron chi connectivity index (χ0n) is 8.90. The molecule has 0 aliphatic heterocycles. The van der Waals surface area contributed by atoms with Gasteiger partial charge in [-0.2, -0.15) is 5.26 Å². The number of likely N-dealkylation sites (N-methyl/N-ethyl adjacent to an activating group) is 1. The van der Waals surface area contributed by atoms with Crippen molar-refractivity contribution in [1.82, 2.24) is 4.90 Å². The number of nitriles is 1. The number of hydrogen-bond donors (Lipinski definition) is 1. The Morgan fingerprint density at radius 2 is 2.20 bits per heavy atom. The fourth-order valence-electron chi connectivity index (χ4n) is 0.898. The second-order valence-corrected chi connectivity index (χ2v) is 2.90. The van der Waals surface area contributed by atoms with Crippen LogP contribution in [0.3, 0.4) is 0 Å². The van der Waals surface area contributed by atoms with Gasteiger partial charge in [-0.1, -0.05) is 0 Å². The summed E-state index contributed by atoms with van der Waals surface area (Å²) in [5.74, 6) is -1.28. The number of amides is 1. The van der Waals surface area contributed by atoms with Crippen molar-refractivity contribution in [2.45, 2.75) is 19.4 Å². The summed E-state index contributed by atoms with van der Waals surface area (Å²) in [7, 11) is 1.48. The number of nitrogens with zero attached hydrogens (tertiary/aromatic N) is 2. The Morgan fingerprint density at radius 3 is 2.67 bits per heavy atom. The third kappa shape index (κ3) is 4.42. The van der Waals surface area contributed by atoms with E-state index in [9.17, 15) is 9.59 Å². The molecule has 6 heteroatoms. The van der Waals surface area contributed by atoms with Crippen molar-refractivity contribution in [3.63, 3.8) is 0 Å². The Bertz CT molecular complexity index is 272. The molecule has 0 saturated carbocycles. The van der Waals surface area contributed by atoms with Gasteiger partial charge in [0.2, 0.25) is 0 Å². The maximum Gasteiger partial charge on any atom is 0.332 e. The summed E-state index contributed by atoms with van der Waals surface area (Å²) in [6.07, 6.45) is 0.206. The van der Waals surface area contributed by atoms with Gasteiger partial charge in [-0.25, -0.2) is 4.79 Å². The summed E-state index contributed by atoms with van der Waals surface area (Å²) >= 11 is 0. The predicted octanol–water partition coefficient (Wildman–Crippen LogP) is -0.751. The van der Waals surface area contributed by atoms with Gasteiger partial charge in [0.25, 0.3) is 5.91 Å². The van der Waals surface area contributed by atoms with Crippen LogP contribution in [0.5, 0.6) is 0 Å².